The molecule has 0 atom stereocenters. The summed E-state index contributed by atoms with van der Waals surface area (Å²) in [5.74, 6) is 0. The largest absolute Gasteiger partial charge is 0.372 e. The molecule has 34 heavy (non-hydrogen) atoms. The van der Waals surface area contributed by atoms with Gasteiger partial charge in [-0.2, -0.15) is 10.2 Å². The number of benzene rings is 2. The van der Waals surface area contributed by atoms with Crippen molar-refractivity contribution in [1.29, 1.82) is 0 Å². The lowest BCUT2D eigenvalue weighted by atomic mass is 10.1. The van der Waals surface area contributed by atoms with Gasteiger partial charge in [-0.05, 0) is 49.2 Å². The van der Waals surface area contributed by atoms with Gasteiger partial charge in [0.1, 0.15) is 0 Å². The van der Waals surface area contributed by atoms with Crippen LogP contribution in [0.1, 0.15) is 90.9 Å². The second kappa shape index (κ2) is 16.8. The highest BCUT2D eigenvalue weighted by atomic mass is 16.6. The molecule has 186 valence electrons. The van der Waals surface area contributed by atoms with Crippen molar-refractivity contribution in [2.45, 2.75) is 90.9 Å². The van der Waals surface area contributed by atoms with E-state index in [1.807, 2.05) is 12.1 Å². The molecule has 0 spiro atoms. The zero-order valence-electron chi connectivity index (χ0n) is 21.1. The van der Waals surface area contributed by atoms with Gasteiger partial charge in [0.2, 0.25) is 0 Å². The van der Waals surface area contributed by atoms with E-state index in [9.17, 15) is 10.1 Å². The Morgan fingerprint density at radius 1 is 0.647 bits per heavy atom. The maximum atomic E-state index is 10.8. The SMILES string of the molecule is CCCCCCCCN(CCCCCCCC)c1ccc(N=Nc2ccc([N+](=O)[O-])cc2)cc1. The molecule has 2 rings (SSSR count). The number of nitrogens with zero attached hydrogens (tertiary/aromatic N) is 4. The molecule has 0 N–H and O–H groups in total. The first-order valence-corrected chi connectivity index (χ1v) is 13.1. The zero-order chi connectivity index (χ0) is 24.4. The summed E-state index contributed by atoms with van der Waals surface area (Å²) in [7, 11) is 0. The highest BCUT2D eigenvalue weighted by Crippen LogP contribution is 2.24. The minimum Gasteiger partial charge on any atom is -0.372 e. The van der Waals surface area contributed by atoms with Crippen molar-refractivity contribution in [3.8, 4) is 0 Å². The summed E-state index contributed by atoms with van der Waals surface area (Å²) < 4.78 is 0. The van der Waals surface area contributed by atoms with Crippen LogP contribution in [0, 0.1) is 10.1 Å². The van der Waals surface area contributed by atoms with Crippen molar-refractivity contribution in [1.82, 2.24) is 0 Å². The van der Waals surface area contributed by atoms with Gasteiger partial charge in [0.15, 0.2) is 0 Å². The number of azo groups is 1. The summed E-state index contributed by atoms with van der Waals surface area (Å²) in [4.78, 5) is 12.9. The van der Waals surface area contributed by atoms with Crippen LogP contribution in [0.2, 0.25) is 0 Å². The summed E-state index contributed by atoms with van der Waals surface area (Å²) in [6, 6.07) is 14.4. The van der Waals surface area contributed by atoms with Crippen molar-refractivity contribution in [2.75, 3.05) is 18.0 Å². The summed E-state index contributed by atoms with van der Waals surface area (Å²) in [5.41, 5.74) is 2.68. The molecule has 2 aromatic carbocycles. The second-order valence-corrected chi connectivity index (χ2v) is 9.01. The molecule has 0 saturated heterocycles. The van der Waals surface area contributed by atoms with E-state index in [0.29, 0.717) is 5.69 Å². The molecule has 0 aliphatic rings. The highest BCUT2D eigenvalue weighted by Gasteiger charge is 2.07. The third kappa shape index (κ3) is 10.9. The fourth-order valence-corrected chi connectivity index (χ4v) is 4.02. The summed E-state index contributed by atoms with van der Waals surface area (Å²) in [5, 5.41) is 19.3. The fourth-order valence-electron chi connectivity index (χ4n) is 4.02. The minimum atomic E-state index is -0.415. The third-order valence-electron chi connectivity index (χ3n) is 6.12. The first-order chi connectivity index (χ1) is 16.6. The Balaban J connectivity index is 1.92. The lowest BCUT2D eigenvalue weighted by Crippen LogP contribution is -2.25. The first kappa shape index (κ1) is 27.5. The maximum absolute atomic E-state index is 10.8. The molecular formula is C28H42N4O2. The van der Waals surface area contributed by atoms with Crippen LogP contribution in [0.3, 0.4) is 0 Å². The van der Waals surface area contributed by atoms with Gasteiger partial charge in [0, 0.05) is 30.9 Å². The van der Waals surface area contributed by atoms with E-state index in [4.69, 9.17) is 0 Å². The van der Waals surface area contributed by atoms with Crippen LogP contribution in [-0.2, 0) is 0 Å². The maximum Gasteiger partial charge on any atom is 0.269 e. The van der Waals surface area contributed by atoms with Crippen LogP contribution >= 0.6 is 0 Å². The van der Waals surface area contributed by atoms with Gasteiger partial charge in [0.05, 0.1) is 16.3 Å². The molecule has 0 amide bonds. The number of rotatable bonds is 18. The number of nitro groups is 1. The summed E-state index contributed by atoms with van der Waals surface area (Å²) >= 11 is 0. The smallest absolute Gasteiger partial charge is 0.269 e. The summed E-state index contributed by atoms with van der Waals surface area (Å²) in [6.45, 7) is 6.73. The third-order valence-corrected chi connectivity index (χ3v) is 6.12. The molecule has 2 aromatic rings. The predicted molar refractivity (Wildman–Crippen MR) is 143 cm³/mol. The molecule has 0 radical (unpaired) electrons. The van der Waals surface area contributed by atoms with Crippen molar-refractivity contribution in [2.24, 2.45) is 10.2 Å². The number of anilines is 1. The molecule has 0 fully saturated rings. The van der Waals surface area contributed by atoms with Crippen LogP contribution in [0.15, 0.2) is 58.8 Å². The Labute approximate surface area is 205 Å². The van der Waals surface area contributed by atoms with E-state index in [2.05, 4.69) is 41.1 Å². The van der Waals surface area contributed by atoms with E-state index >= 15 is 0 Å². The number of nitro benzene ring substituents is 1. The predicted octanol–water partition coefficient (Wildman–Crippen LogP) is 9.54. The Hall–Kier alpha value is -2.76. The first-order valence-electron chi connectivity index (χ1n) is 13.1. The van der Waals surface area contributed by atoms with Gasteiger partial charge in [-0.15, -0.1) is 0 Å². The molecule has 0 aliphatic carbocycles. The van der Waals surface area contributed by atoms with Gasteiger partial charge in [-0.25, -0.2) is 0 Å². The average molecular weight is 467 g/mol. The molecule has 6 nitrogen and oxygen atoms in total. The highest BCUT2D eigenvalue weighted by molar-refractivity contribution is 5.53. The van der Waals surface area contributed by atoms with E-state index < -0.39 is 4.92 Å². The minimum absolute atomic E-state index is 0.0547. The normalized spacial score (nSPS) is 11.2. The van der Waals surface area contributed by atoms with Gasteiger partial charge >= 0.3 is 0 Å². The zero-order valence-corrected chi connectivity index (χ0v) is 21.1. The monoisotopic (exact) mass is 466 g/mol. The van der Waals surface area contributed by atoms with Crippen LogP contribution in [0.5, 0.6) is 0 Å². The molecule has 0 unspecified atom stereocenters. The van der Waals surface area contributed by atoms with E-state index in [1.54, 1.807) is 12.1 Å². The lowest BCUT2D eigenvalue weighted by Gasteiger charge is -2.25. The second-order valence-electron chi connectivity index (χ2n) is 9.01. The Morgan fingerprint density at radius 3 is 1.50 bits per heavy atom. The Bertz CT molecular complexity index is 818. The van der Waals surface area contributed by atoms with Crippen LogP contribution in [-0.4, -0.2) is 18.0 Å². The molecule has 0 heterocycles. The van der Waals surface area contributed by atoms with Crippen LogP contribution < -0.4 is 4.90 Å². The van der Waals surface area contributed by atoms with E-state index in [-0.39, 0.29) is 5.69 Å². The van der Waals surface area contributed by atoms with E-state index in [0.717, 1.165) is 18.8 Å². The van der Waals surface area contributed by atoms with E-state index in [1.165, 1.54) is 94.9 Å². The molecular weight excluding hydrogens is 424 g/mol. The van der Waals surface area contributed by atoms with Gasteiger partial charge in [0.25, 0.3) is 5.69 Å². The number of non-ortho nitro benzene ring substituents is 1. The topological polar surface area (TPSA) is 71.1 Å². The average Bonchev–Trinajstić information content (AvgIpc) is 2.86. The number of unbranched alkanes of at least 4 members (excludes halogenated alkanes) is 10. The van der Waals surface area contributed by atoms with Crippen molar-refractivity contribution in [3.05, 3.63) is 58.6 Å². The van der Waals surface area contributed by atoms with Crippen LogP contribution in [0.4, 0.5) is 22.7 Å². The molecule has 0 saturated carbocycles. The standard InChI is InChI=1S/C28H42N4O2/c1-3-5-7-9-11-13-23-31(24-14-12-10-8-6-4-2)27-19-15-25(16-20-27)29-30-26-17-21-28(22-18-26)32(33)34/h15-22H,3-14,23-24H2,1-2H3. The van der Waals surface area contributed by atoms with Crippen LogP contribution in [0.25, 0.3) is 0 Å². The lowest BCUT2D eigenvalue weighted by molar-refractivity contribution is -0.384. The van der Waals surface area contributed by atoms with Gasteiger partial charge < -0.3 is 4.90 Å². The quantitative estimate of drug-likeness (QED) is 0.0950. The number of hydrogen-bond acceptors (Lipinski definition) is 5. The molecule has 0 aromatic heterocycles. The van der Waals surface area contributed by atoms with Crippen molar-refractivity contribution < 1.29 is 4.92 Å². The molecule has 0 aliphatic heterocycles. The van der Waals surface area contributed by atoms with Gasteiger partial charge in [-0.3, -0.25) is 10.1 Å². The van der Waals surface area contributed by atoms with Gasteiger partial charge in [-0.1, -0.05) is 78.1 Å². The Kier molecular flexibility index (Phi) is 13.6. The van der Waals surface area contributed by atoms with Crippen molar-refractivity contribution in [3.63, 3.8) is 0 Å². The Morgan fingerprint density at radius 2 is 1.06 bits per heavy atom. The molecule has 0 bridgehead atoms. The van der Waals surface area contributed by atoms with Crippen molar-refractivity contribution >= 4 is 22.7 Å². The summed E-state index contributed by atoms with van der Waals surface area (Å²) in [6.07, 6.45) is 15.7. The number of hydrogen-bond donors (Lipinski definition) is 0. The fraction of sp³-hybridized carbons (Fsp3) is 0.571. The molecule has 6 heteroatoms.